The largest absolute Gasteiger partial charge is 0.310 e. The molecule has 8 aromatic carbocycles. The van der Waals surface area contributed by atoms with Crippen LogP contribution in [-0.4, -0.2) is 0 Å². The molecule has 3 aliphatic rings. The highest BCUT2D eigenvalue weighted by Gasteiger charge is 2.45. The normalized spacial score (nSPS) is 15.7. The molecule has 268 valence electrons. The van der Waals surface area contributed by atoms with E-state index in [0.29, 0.717) is 0 Å². The lowest BCUT2D eigenvalue weighted by Crippen LogP contribution is -2.21. The minimum Gasteiger partial charge on any atom is -0.310 e. The minimum atomic E-state index is -0.104. The van der Waals surface area contributed by atoms with E-state index in [0.717, 1.165) is 0 Å². The van der Waals surface area contributed by atoms with Gasteiger partial charge in [-0.05, 0) is 116 Å². The molecule has 0 amide bonds. The third kappa shape index (κ3) is 4.37. The molecular formula is C54H41NS. The average Bonchev–Trinajstić information content (AvgIpc) is 4.01. The zero-order valence-corrected chi connectivity index (χ0v) is 32.6. The first-order chi connectivity index (χ1) is 27.5. The Bertz CT molecular complexity index is 3080. The summed E-state index contributed by atoms with van der Waals surface area (Å²) in [7, 11) is 0. The van der Waals surface area contributed by atoms with Crippen molar-refractivity contribution in [2.45, 2.75) is 50.4 Å². The smallest absolute Gasteiger partial charge is 0.0554 e. The number of hydrogen-bond donors (Lipinski definition) is 0. The van der Waals surface area contributed by atoms with Gasteiger partial charge in [0.1, 0.15) is 0 Å². The predicted molar refractivity (Wildman–Crippen MR) is 239 cm³/mol. The molecule has 0 saturated heterocycles. The van der Waals surface area contributed by atoms with Crippen molar-refractivity contribution in [1.29, 1.82) is 0 Å². The topological polar surface area (TPSA) is 3.24 Å². The second kappa shape index (κ2) is 11.8. The summed E-state index contributed by atoms with van der Waals surface area (Å²) in [6, 6.07) is 62.3. The Morgan fingerprint density at radius 1 is 0.500 bits per heavy atom. The molecule has 56 heavy (non-hydrogen) atoms. The molecule has 1 heterocycles. The highest BCUT2D eigenvalue weighted by Crippen LogP contribution is 2.58. The molecule has 2 heteroatoms. The molecule has 0 aliphatic heterocycles. The van der Waals surface area contributed by atoms with E-state index in [1.807, 2.05) is 11.3 Å². The van der Waals surface area contributed by atoms with Crippen LogP contribution in [0.4, 0.5) is 17.1 Å². The molecule has 3 aliphatic carbocycles. The van der Waals surface area contributed by atoms with Crippen LogP contribution < -0.4 is 4.90 Å². The SMILES string of the molecule is CC1(C)c2ccccc2-c2cccc(-c3cccc(N(c4ccc5c(c4)C4(CCCC4)c4ccccc4-5)c4cccc5sc6c7ccccc7ccc6c45)c3)c21. The molecule has 1 fully saturated rings. The Balaban J connectivity index is 1.11. The number of hydrogen-bond acceptors (Lipinski definition) is 2. The van der Waals surface area contributed by atoms with E-state index in [4.69, 9.17) is 0 Å². The molecular weight excluding hydrogens is 695 g/mol. The number of rotatable bonds is 4. The lowest BCUT2D eigenvalue weighted by Gasteiger charge is -2.31. The molecule has 1 aromatic heterocycles. The lowest BCUT2D eigenvalue weighted by atomic mass is 9.76. The summed E-state index contributed by atoms with van der Waals surface area (Å²) in [6.07, 6.45) is 4.98. The highest BCUT2D eigenvalue weighted by atomic mass is 32.1. The molecule has 0 atom stereocenters. The van der Waals surface area contributed by atoms with Gasteiger partial charge >= 0.3 is 0 Å². The van der Waals surface area contributed by atoms with Gasteiger partial charge in [-0.1, -0.05) is 154 Å². The number of thiophene rings is 1. The van der Waals surface area contributed by atoms with E-state index >= 15 is 0 Å². The van der Waals surface area contributed by atoms with Gasteiger partial charge in [0, 0.05) is 42.4 Å². The standard InChI is InChI=1S/C54H41NS/c1-53(2)45-22-7-5-19-41(45)43-21-12-20-38(51(43)53)35-15-11-16-36(32-35)55(37-27-29-42-40-18-6-8-23-46(40)54(47(42)33-37)30-9-10-31-54)48-24-13-25-49-50(48)44-28-26-34-14-3-4-17-39(34)52(44)56-49/h3-8,11-29,32-33H,9-10,30-31H2,1-2H3. The average molecular weight is 736 g/mol. The van der Waals surface area contributed by atoms with Gasteiger partial charge in [-0.25, -0.2) is 0 Å². The van der Waals surface area contributed by atoms with Gasteiger partial charge in [0.2, 0.25) is 0 Å². The van der Waals surface area contributed by atoms with Gasteiger partial charge in [0.25, 0.3) is 0 Å². The second-order valence-electron chi connectivity index (χ2n) is 16.8. The first-order valence-corrected chi connectivity index (χ1v) is 21.0. The van der Waals surface area contributed by atoms with Crippen LogP contribution in [0, 0.1) is 0 Å². The fourth-order valence-electron chi connectivity index (χ4n) is 11.1. The molecule has 1 spiro atoms. The summed E-state index contributed by atoms with van der Waals surface area (Å²) in [5.74, 6) is 0. The van der Waals surface area contributed by atoms with Crippen LogP contribution in [0.15, 0.2) is 164 Å². The van der Waals surface area contributed by atoms with Crippen molar-refractivity contribution < 1.29 is 0 Å². The maximum Gasteiger partial charge on any atom is 0.0554 e. The van der Waals surface area contributed by atoms with E-state index in [1.165, 1.54) is 129 Å². The van der Waals surface area contributed by atoms with Crippen LogP contribution in [0.1, 0.15) is 61.8 Å². The number of benzene rings is 8. The summed E-state index contributed by atoms with van der Waals surface area (Å²) in [5, 5.41) is 5.26. The quantitative estimate of drug-likeness (QED) is 0.174. The lowest BCUT2D eigenvalue weighted by molar-refractivity contribution is 0.550. The molecule has 0 radical (unpaired) electrons. The Hall–Kier alpha value is -5.96. The number of anilines is 3. The Morgan fingerprint density at radius 2 is 1.18 bits per heavy atom. The van der Waals surface area contributed by atoms with Crippen LogP contribution in [0.3, 0.4) is 0 Å². The van der Waals surface area contributed by atoms with Crippen molar-refractivity contribution in [1.82, 2.24) is 0 Å². The van der Waals surface area contributed by atoms with Crippen molar-refractivity contribution in [2.75, 3.05) is 4.90 Å². The Labute approximate surface area is 332 Å². The molecule has 12 rings (SSSR count). The van der Waals surface area contributed by atoms with E-state index in [9.17, 15) is 0 Å². The van der Waals surface area contributed by atoms with Gasteiger partial charge < -0.3 is 4.90 Å². The maximum atomic E-state index is 2.57. The van der Waals surface area contributed by atoms with Gasteiger partial charge in [0.05, 0.1) is 5.69 Å². The zero-order valence-electron chi connectivity index (χ0n) is 31.8. The van der Waals surface area contributed by atoms with E-state index < -0.39 is 0 Å². The van der Waals surface area contributed by atoms with Crippen molar-refractivity contribution in [2.24, 2.45) is 0 Å². The number of nitrogens with zero attached hydrogens (tertiary/aromatic N) is 1. The third-order valence-electron chi connectivity index (χ3n) is 13.6. The van der Waals surface area contributed by atoms with Crippen LogP contribution in [0.2, 0.25) is 0 Å². The van der Waals surface area contributed by atoms with E-state index in [1.54, 1.807) is 0 Å². The third-order valence-corrected chi connectivity index (χ3v) is 14.8. The van der Waals surface area contributed by atoms with Gasteiger partial charge in [-0.2, -0.15) is 0 Å². The molecule has 0 bridgehead atoms. The highest BCUT2D eigenvalue weighted by molar-refractivity contribution is 7.26. The van der Waals surface area contributed by atoms with Crippen molar-refractivity contribution >= 4 is 59.3 Å². The summed E-state index contributed by atoms with van der Waals surface area (Å²) in [6.45, 7) is 4.79. The fraction of sp³-hybridized carbons (Fsp3) is 0.148. The fourth-order valence-corrected chi connectivity index (χ4v) is 12.4. The monoisotopic (exact) mass is 735 g/mol. The van der Waals surface area contributed by atoms with Crippen molar-refractivity contribution in [3.63, 3.8) is 0 Å². The Morgan fingerprint density at radius 3 is 2.05 bits per heavy atom. The summed E-state index contributed by atoms with van der Waals surface area (Å²) < 4.78 is 2.67. The summed E-state index contributed by atoms with van der Waals surface area (Å²) >= 11 is 1.92. The maximum absolute atomic E-state index is 2.57. The predicted octanol–water partition coefficient (Wildman–Crippen LogP) is 15.5. The second-order valence-corrected chi connectivity index (χ2v) is 17.8. The van der Waals surface area contributed by atoms with Crippen LogP contribution >= 0.6 is 11.3 Å². The summed E-state index contributed by atoms with van der Waals surface area (Å²) in [4.78, 5) is 2.57. The van der Waals surface area contributed by atoms with Crippen LogP contribution in [0.5, 0.6) is 0 Å². The van der Waals surface area contributed by atoms with Gasteiger partial charge in [-0.15, -0.1) is 11.3 Å². The number of fused-ring (bicyclic) bond motifs is 13. The van der Waals surface area contributed by atoms with Crippen LogP contribution in [-0.2, 0) is 10.8 Å². The Kier molecular flexibility index (Phi) is 6.79. The van der Waals surface area contributed by atoms with Crippen LogP contribution in [0.25, 0.3) is 64.3 Å². The molecule has 1 nitrogen and oxygen atoms in total. The van der Waals surface area contributed by atoms with E-state index in [2.05, 4.69) is 183 Å². The van der Waals surface area contributed by atoms with Gasteiger partial charge in [-0.3, -0.25) is 0 Å². The van der Waals surface area contributed by atoms with Crippen molar-refractivity contribution in [3.8, 4) is 33.4 Å². The van der Waals surface area contributed by atoms with E-state index in [-0.39, 0.29) is 10.8 Å². The molecule has 0 N–H and O–H groups in total. The molecule has 9 aromatic rings. The van der Waals surface area contributed by atoms with Crippen molar-refractivity contribution in [3.05, 3.63) is 186 Å². The first-order valence-electron chi connectivity index (χ1n) is 20.2. The molecule has 0 unspecified atom stereocenters. The summed E-state index contributed by atoms with van der Waals surface area (Å²) in [5.41, 5.74) is 17.6. The molecule has 1 saturated carbocycles. The van der Waals surface area contributed by atoms with Gasteiger partial charge in [0.15, 0.2) is 0 Å². The zero-order chi connectivity index (χ0) is 37.2. The first kappa shape index (κ1) is 32.3. The minimum absolute atomic E-state index is 0.0840.